The first-order valence-electron chi connectivity index (χ1n) is 9.65. The molecule has 1 aromatic carbocycles. The second-order valence-electron chi connectivity index (χ2n) is 7.46. The molecule has 0 bridgehead atoms. The number of tetrazole rings is 1. The summed E-state index contributed by atoms with van der Waals surface area (Å²) in [5, 5.41) is 12.4. The van der Waals surface area contributed by atoms with E-state index in [-0.39, 0.29) is 24.3 Å². The minimum Gasteiger partial charge on any atom is -0.467 e. The van der Waals surface area contributed by atoms with Gasteiger partial charge in [-0.3, -0.25) is 4.90 Å². The van der Waals surface area contributed by atoms with E-state index in [1.54, 1.807) is 6.26 Å². The number of hydrogen-bond donors (Lipinski definition) is 0. The predicted octanol–water partition coefficient (Wildman–Crippen LogP) is 3.39. The number of rotatable bonds is 6. The Labute approximate surface area is 175 Å². The highest BCUT2D eigenvalue weighted by atomic mass is 35.5. The highest BCUT2D eigenvalue weighted by Gasteiger charge is 2.31. The fraction of sp³-hybridized carbons (Fsp3) is 0.450. The van der Waals surface area contributed by atoms with Crippen LogP contribution in [0.15, 0.2) is 47.1 Å². The number of benzene rings is 1. The smallest absolute Gasteiger partial charge is 0.169 e. The molecule has 0 radical (unpaired) electrons. The van der Waals surface area contributed by atoms with Crippen LogP contribution in [0, 0.1) is 11.7 Å². The Morgan fingerprint density at radius 3 is 2.41 bits per heavy atom. The first-order chi connectivity index (χ1) is 13.6. The van der Waals surface area contributed by atoms with Crippen LogP contribution in [0.1, 0.15) is 31.5 Å². The van der Waals surface area contributed by atoms with Gasteiger partial charge in [-0.25, -0.2) is 9.07 Å². The van der Waals surface area contributed by atoms with E-state index in [9.17, 15) is 4.39 Å². The lowest BCUT2D eigenvalue weighted by molar-refractivity contribution is 0.135. The standard InChI is InChI=1S/C20H25FN6O.ClH/c1-15(2)19(20-22-23-24-27(20)14-18-4-3-13-28-18)26-11-9-25(10-12-26)17-7-5-16(21)6-8-17;/h3-8,13,15,19H,9-12,14H2,1-2H3;1H. The molecule has 1 aliphatic heterocycles. The van der Waals surface area contributed by atoms with Crippen LogP contribution in [-0.4, -0.2) is 51.3 Å². The van der Waals surface area contributed by atoms with Crippen LogP contribution in [-0.2, 0) is 6.54 Å². The summed E-state index contributed by atoms with van der Waals surface area (Å²) in [5.74, 6) is 1.85. The van der Waals surface area contributed by atoms with Gasteiger partial charge in [-0.05, 0) is 52.7 Å². The minimum absolute atomic E-state index is 0. The van der Waals surface area contributed by atoms with Crippen molar-refractivity contribution in [1.82, 2.24) is 25.1 Å². The van der Waals surface area contributed by atoms with E-state index in [1.807, 2.05) is 28.9 Å². The van der Waals surface area contributed by atoms with Gasteiger partial charge in [0.2, 0.25) is 0 Å². The monoisotopic (exact) mass is 420 g/mol. The summed E-state index contributed by atoms with van der Waals surface area (Å²) in [4.78, 5) is 4.73. The van der Waals surface area contributed by atoms with E-state index in [0.29, 0.717) is 12.5 Å². The van der Waals surface area contributed by atoms with Crippen molar-refractivity contribution in [2.75, 3.05) is 31.1 Å². The number of aromatic nitrogens is 4. The van der Waals surface area contributed by atoms with Gasteiger partial charge in [-0.1, -0.05) is 13.8 Å². The molecule has 1 atom stereocenters. The van der Waals surface area contributed by atoms with Crippen molar-refractivity contribution < 1.29 is 8.81 Å². The predicted molar refractivity (Wildman–Crippen MR) is 111 cm³/mol. The average molecular weight is 421 g/mol. The summed E-state index contributed by atoms with van der Waals surface area (Å²) in [6.07, 6.45) is 1.66. The molecule has 1 fully saturated rings. The van der Waals surface area contributed by atoms with Crippen LogP contribution in [0.4, 0.5) is 10.1 Å². The molecule has 1 aliphatic rings. The lowest BCUT2D eigenvalue weighted by Gasteiger charge is -2.41. The molecule has 7 nitrogen and oxygen atoms in total. The van der Waals surface area contributed by atoms with E-state index in [1.165, 1.54) is 12.1 Å². The molecule has 2 aromatic heterocycles. The molecule has 3 aromatic rings. The molecule has 0 aliphatic carbocycles. The number of hydrogen-bond acceptors (Lipinski definition) is 6. The van der Waals surface area contributed by atoms with Crippen LogP contribution in [0.2, 0.25) is 0 Å². The number of nitrogens with zero attached hydrogens (tertiary/aromatic N) is 6. The van der Waals surface area contributed by atoms with Gasteiger partial charge in [0.05, 0.1) is 12.3 Å². The lowest BCUT2D eigenvalue weighted by atomic mass is 10.0. The summed E-state index contributed by atoms with van der Waals surface area (Å²) in [6.45, 7) is 8.48. The quantitative estimate of drug-likeness (QED) is 0.609. The Balaban J connectivity index is 0.00000240. The van der Waals surface area contributed by atoms with Crippen molar-refractivity contribution in [3.05, 3.63) is 60.1 Å². The van der Waals surface area contributed by atoms with Crippen molar-refractivity contribution in [2.24, 2.45) is 5.92 Å². The van der Waals surface area contributed by atoms with Gasteiger partial charge in [0.1, 0.15) is 18.1 Å². The summed E-state index contributed by atoms with van der Waals surface area (Å²) >= 11 is 0. The van der Waals surface area contributed by atoms with E-state index in [0.717, 1.165) is 43.5 Å². The summed E-state index contributed by atoms with van der Waals surface area (Å²) in [6, 6.07) is 10.6. The first-order valence-corrected chi connectivity index (χ1v) is 9.65. The van der Waals surface area contributed by atoms with Crippen molar-refractivity contribution in [3.8, 4) is 0 Å². The zero-order valence-electron chi connectivity index (χ0n) is 16.6. The topological polar surface area (TPSA) is 63.2 Å². The van der Waals surface area contributed by atoms with Crippen molar-refractivity contribution in [3.63, 3.8) is 0 Å². The second kappa shape index (κ2) is 9.37. The Morgan fingerprint density at radius 2 is 1.79 bits per heavy atom. The SMILES string of the molecule is CC(C)C(c1nnnn1Cc1ccco1)N1CCN(c2ccc(F)cc2)CC1.Cl. The molecule has 156 valence electrons. The maximum Gasteiger partial charge on any atom is 0.169 e. The molecule has 29 heavy (non-hydrogen) atoms. The minimum atomic E-state index is -0.203. The molecule has 9 heteroatoms. The number of piperazine rings is 1. The maximum absolute atomic E-state index is 13.2. The molecule has 1 saturated heterocycles. The summed E-state index contributed by atoms with van der Waals surface area (Å²) < 4.78 is 20.5. The Bertz CT molecular complexity index is 875. The van der Waals surface area contributed by atoms with Gasteiger partial charge in [-0.2, -0.15) is 0 Å². The van der Waals surface area contributed by atoms with E-state index in [4.69, 9.17) is 4.42 Å². The van der Waals surface area contributed by atoms with Gasteiger partial charge in [-0.15, -0.1) is 17.5 Å². The fourth-order valence-electron chi connectivity index (χ4n) is 3.88. The third kappa shape index (κ3) is 4.76. The van der Waals surface area contributed by atoms with Crippen LogP contribution in [0.3, 0.4) is 0 Å². The molecular formula is C20H26ClFN6O. The van der Waals surface area contributed by atoms with Crippen LogP contribution in [0.5, 0.6) is 0 Å². The number of halogens is 2. The Hall–Kier alpha value is -2.45. The third-order valence-corrected chi connectivity index (χ3v) is 5.24. The molecule has 1 unspecified atom stereocenters. The Kier molecular flexibility index (Phi) is 6.87. The molecule has 0 spiro atoms. The van der Waals surface area contributed by atoms with Crippen LogP contribution < -0.4 is 4.90 Å². The van der Waals surface area contributed by atoms with Gasteiger partial charge >= 0.3 is 0 Å². The van der Waals surface area contributed by atoms with Gasteiger partial charge < -0.3 is 9.32 Å². The maximum atomic E-state index is 13.2. The Morgan fingerprint density at radius 1 is 1.07 bits per heavy atom. The molecule has 0 saturated carbocycles. The van der Waals surface area contributed by atoms with Crippen molar-refractivity contribution in [1.29, 1.82) is 0 Å². The summed E-state index contributed by atoms with van der Waals surface area (Å²) in [7, 11) is 0. The van der Waals surface area contributed by atoms with Crippen molar-refractivity contribution >= 4 is 18.1 Å². The number of anilines is 1. The van der Waals surface area contributed by atoms with E-state index in [2.05, 4.69) is 39.2 Å². The van der Waals surface area contributed by atoms with Crippen LogP contribution >= 0.6 is 12.4 Å². The summed E-state index contributed by atoms with van der Waals surface area (Å²) in [5.41, 5.74) is 1.06. The molecular weight excluding hydrogens is 395 g/mol. The van der Waals surface area contributed by atoms with Crippen molar-refractivity contribution in [2.45, 2.75) is 26.4 Å². The zero-order chi connectivity index (χ0) is 19.5. The van der Waals surface area contributed by atoms with E-state index < -0.39 is 0 Å². The molecule has 3 heterocycles. The molecule has 0 amide bonds. The van der Waals surface area contributed by atoms with E-state index >= 15 is 0 Å². The number of furan rings is 1. The largest absolute Gasteiger partial charge is 0.467 e. The molecule has 0 N–H and O–H groups in total. The molecule has 4 rings (SSSR count). The van der Waals surface area contributed by atoms with Gasteiger partial charge in [0.25, 0.3) is 0 Å². The van der Waals surface area contributed by atoms with Gasteiger partial charge in [0, 0.05) is 31.9 Å². The first kappa shape index (κ1) is 21.3. The van der Waals surface area contributed by atoms with Crippen LogP contribution in [0.25, 0.3) is 0 Å². The fourth-order valence-corrected chi connectivity index (χ4v) is 3.88. The highest BCUT2D eigenvalue weighted by Crippen LogP contribution is 2.29. The third-order valence-electron chi connectivity index (χ3n) is 5.24. The zero-order valence-corrected chi connectivity index (χ0v) is 17.4. The normalized spacial score (nSPS) is 16.1. The highest BCUT2D eigenvalue weighted by molar-refractivity contribution is 5.85. The lowest BCUT2D eigenvalue weighted by Crippen LogP contribution is -2.49. The average Bonchev–Trinajstić information content (AvgIpc) is 3.36. The van der Waals surface area contributed by atoms with Gasteiger partial charge in [0.15, 0.2) is 5.82 Å². The second-order valence-corrected chi connectivity index (χ2v) is 7.46.